The Hall–Kier alpha value is -1.09. The highest BCUT2D eigenvalue weighted by Crippen LogP contribution is 2.12. The summed E-state index contributed by atoms with van der Waals surface area (Å²) in [5.41, 5.74) is 0. The van der Waals surface area contributed by atoms with Crippen molar-refractivity contribution in [1.82, 2.24) is 0 Å². The third-order valence-electron chi connectivity index (χ3n) is 3.54. The van der Waals surface area contributed by atoms with Gasteiger partial charge >= 0.3 is 5.97 Å². The van der Waals surface area contributed by atoms with Crippen LogP contribution in [0.2, 0.25) is 0 Å². The first-order valence-electron chi connectivity index (χ1n) is 8.41. The van der Waals surface area contributed by atoms with Gasteiger partial charge in [0.2, 0.25) is 0 Å². The lowest BCUT2D eigenvalue weighted by molar-refractivity contribution is -0.131. The Labute approximate surface area is 129 Å². The molecule has 0 saturated heterocycles. The van der Waals surface area contributed by atoms with Gasteiger partial charge in [0.05, 0.1) is 6.10 Å². The molecule has 21 heavy (non-hydrogen) atoms. The molecule has 0 aromatic carbocycles. The van der Waals surface area contributed by atoms with Gasteiger partial charge in [-0.15, -0.1) is 0 Å². The summed E-state index contributed by atoms with van der Waals surface area (Å²) in [5, 5.41) is 18.3. The molecule has 1 atom stereocenters. The summed E-state index contributed by atoms with van der Waals surface area (Å²) in [5.74, 6) is -0.919. The van der Waals surface area contributed by atoms with E-state index in [1.807, 2.05) is 6.08 Å². The Balaban J connectivity index is 3.33. The number of carboxylic acid groups (broad SMARTS) is 1. The van der Waals surface area contributed by atoms with Crippen LogP contribution in [-0.4, -0.2) is 22.3 Å². The van der Waals surface area contributed by atoms with E-state index < -0.39 is 5.97 Å². The van der Waals surface area contributed by atoms with Crippen molar-refractivity contribution < 1.29 is 15.0 Å². The summed E-state index contributed by atoms with van der Waals surface area (Å²) in [6, 6.07) is 0. The first kappa shape index (κ1) is 19.9. The number of aliphatic hydroxyl groups excluding tert-OH is 1. The molecule has 0 aromatic rings. The van der Waals surface area contributed by atoms with Crippen LogP contribution in [0.5, 0.6) is 0 Å². The predicted molar refractivity (Wildman–Crippen MR) is 88.4 cm³/mol. The van der Waals surface area contributed by atoms with Gasteiger partial charge in [0.1, 0.15) is 0 Å². The second kappa shape index (κ2) is 15.3. The highest BCUT2D eigenvalue weighted by atomic mass is 16.4. The molecule has 3 heteroatoms. The van der Waals surface area contributed by atoms with E-state index in [1.165, 1.54) is 38.2 Å². The van der Waals surface area contributed by atoms with Crippen molar-refractivity contribution in [2.24, 2.45) is 0 Å². The van der Waals surface area contributed by atoms with E-state index in [-0.39, 0.29) is 6.10 Å². The lowest BCUT2D eigenvalue weighted by atomic mass is 10.0. The molecule has 0 radical (unpaired) electrons. The van der Waals surface area contributed by atoms with E-state index in [2.05, 4.69) is 6.92 Å². The molecule has 0 spiro atoms. The molecule has 3 nitrogen and oxygen atoms in total. The van der Waals surface area contributed by atoms with Crippen LogP contribution in [0.4, 0.5) is 0 Å². The van der Waals surface area contributed by atoms with Crippen LogP contribution in [-0.2, 0) is 4.79 Å². The number of carboxylic acids is 1. The number of aliphatic carboxylic acids is 1. The van der Waals surface area contributed by atoms with Crippen LogP contribution in [0, 0.1) is 0 Å². The molecule has 0 aromatic heterocycles. The number of unbranched alkanes of at least 4 members (excludes halogenated alkanes) is 7. The Morgan fingerprint density at radius 2 is 1.57 bits per heavy atom. The van der Waals surface area contributed by atoms with Crippen LogP contribution in [0.25, 0.3) is 0 Å². The van der Waals surface area contributed by atoms with Crippen LogP contribution in [0.1, 0.15) is 77.6 Å². The van der Waals surface area contributed by atoms with Crippen LogP contribution >= 0.6 is 0 Å². The van der Waals surface area contributed by atoms with Crippen molar-refractivity contribution in [2.75, 3.05) is 0 Å². The number of aliphatic hydroxyl groups is 1. The van der Waals surface area contributed by atoms with Crippen LogP contribution < -0.4 is 0 Å². The second-order valence-corrected chi connectivity index (χ2v) is 5.62. The zero-order valence-corrected chi connectivity index (χ0v) is 13.5. The van der Waals surface area contributed by atoms with E-state index >= 15 is 0 Å². The highest BCUT2D eigenvalue weighted by molar-refractivity contribution is 5.80. The average Bonchev–Trinajstić information content (AvgIpc) is 2.45. The number of hydrogen-bond donors (Lipinski definition) is 2. The molecule has 1 unspecified atom stereocenters. The minimum atomic E-state index is -0.919. The Morgan fingerprint density at radius 1 is 0.952 bits per heavy atom. The summed E-state index contributed by atoms with van der Waals surface area (Å²) in [6.07, 6.45) is 18.7. The quantitative estimate of drug-likeness (QED) is 0.273. The topological polar surface area (TPSA) is 57.5 Å². The fourth-order valence-electron chi connectivity index (χ4n) is 2.26. The van der Waals surface area contributed by atoms with Crippen molar-refractivity contribution in [1.29, 1.82) is 0 Å². The summed E-state index contributed by atoms with van der Waals surface area (Å²) in [7, 11) is 0. The normalized spacial score (nSPS) is 13.2. The zero-order valence-electron chi connectivity index (χ0n) is 13.5. The Morgan fingerprint density at radius 3 is 2.24 bits per heavy atom. The van der Waals surface area contributed by atoms with E-state index in [4.69, 9.17) is 5.11 Å². The molecule has 2 N–H and O–H groups in total. The van der Waals surface area contributed by atoms with Crippen molar-refractivity contribution in [2.45, 2.75) is 83.7 Å². The maximum absolute atomic E-state index is 10.2. The molecule has 0 aliphatic carbocycles. The SMILES string of the molecule is CCCCCCCCC(O)CCCCC=CC=CC(=O)O. The molecule has 122 valence electrons. The molecule has 0 aliphatic rings. The van der Waals surface area contributed by atoms with E-state index in [0.717, 1.165) is 44.6 Å². The van der Waals surface area contributed by atoms with Gasteiger partial charge < -0.3 is 10.2 Å². The van der Waals surface area contributed by atoms with E-state index in [0.29, 0.717) is 0 Å². The number of rotatable bonds is 14. The Bertz CT molecular complexity index is 295. The summed E-state index contributed by atoms with van der Waals surface area (Å²) in [4.78, 5) is 10.2. The van der Waals surface area contributed by atoms with Gasteiger partial charge in [-0.3, -0.25) is 0 Å². The smallest absolute Gasteiger partial charge is 0.328 e. The molecule has 0 bridgehead atoms. The van der Waals surface area contributed by atoms with Crippen molar-refractivity contribution in [3.8, 4) is 0 Å². The number of carbonyl (C=O) groups is 1. The van der Waals surface area contributed by atoms with Gasteiger partial charge in [-0.25, -0.2) is 4.79 Å². The highest BCUT2D eigenvalue weighted by Gasteiger charge is 2.03. The van der Waals surface area contributed by atoms with E-state index in [9.17, 15) is 9.90 Å². The molecule has 0 saturated carbocycles. The molecule has 0 fully saturated rings. The predicted octanol–water partition coefficient (Wildman–Crippen LogP) is 4.86. The molecular weight excluding hydrogens is 264 g/mol. The van der Waals surface area contributed by atoms with Crippen LogP contribution in [0.3, 0.4) is 0 Å². The van der Waals surface area contributed by atoms with Crippen molar-refractivity contribution in [3.63, 3.8) is 0 Å². The lowest BCUT2D eigenvalue weighted by Crippen LogP contribution is -2.05. The summed E-state index contributed by atoms with van der Waals surface area (Å²) < 4.78 is 0. The third-order valence-corrected chi connectivity index (χ3v) is 3.54. The van der Waals surface area contributed by atoms with Gasteiger partial charge in [-0.1, -0.05) is 70.1 Å². The van der Waals surface area contributed by atoms with Crippen molar-refractivity contribution in [3.05, 3.63) is 24.3 Å². The van der Waals surface area contributed by atoms with Crippen molar-refractivity contribution >= 4 is 5.97 Å². The molecular formula is C18H32O3. The minimum absolute atomic E-state index is 0.146. The summed E-state index contributed by atoms with van der Waals surface area (Å²) in [6.45, 7) is 2.22. The Kier molecular flexibility index (Phi) is 14.5. The standard InChI is InChI=1S/C18H32O3/c1-2-3-4-5-8-11-14-17(19)15-12-9-6-7-10-13-16-18(20)21/h7,10,13,16-17,19H,2-6,8-9,11-12,14-15H2,1H3,(H,20,21). The molecule has 0 heterocycles. The van der Waals surface area contributed by atoms with Gasteiger partial charge in [-0.05, 0) is 25.7 Å². The molecule has 0 rings (SSSR count). The molecule has 0 aliphatic heterocycles. The molecule has 0 amide bonds. The number of allylic oxidation sites excluding steroid dienone is 3. The fourth-order valence-corrected chi connectivity index (χ4v) is 2.26. The first-order valence-corrected chi connectivity index (χ1v) is 8.41. The minimum Gasteiger partial charge on any atom is -0.478 e. The van der Waals surface area contributed by atoms with Gasteiger partial charge in [0.15, 0.2) is 0 Å². The zero-order chi connectivity index (χ0) is 15.8. The third kappa shape index (κ3) is 16.9. The first-order chi connectivity index (χ1) is 10.2. The lowest BCUT2D eigenvalue weighted by Gasteiger charge is -2.09. The largest absolute Gasteiger partial charge is 0.478 e. The average molecular weight is 296 g/mol. The second-order valence-electron chi connectivity index (χ2n) is 5.62. The van der Waals surface area contributed by atoms with Gasteiger partial charge in [0, 0.05) is 6.08 Å². The maximum atomic E-state index is 10.2. The summed E-state index contributed by atoms with van der Waals surface area (Å²) >= 11 is 0. The van der Waals surface area contributed by atoms with Crippen LogP contribution in [0.15, 0.2) is 24.3 Å². The monoisotopic (exact) mass is 296 g/mol. The fraction of sp³-hybridized carbons (Fsp3) is 0.722. The maximum Gasteiger partial charge on any atom is 0.328 e. The number of hydrogen-bond acceptors (Lipinski definition) is 2. The van der Waals surface area contributed by atoms with Gasteiger partial charge in [0.25, 0.3) is 0 Å². The van der Waals surface area contributed by atoms with E-state index in [1.54, 1.807) is 6.08 Å². The van der Waals surface area contributed by atoms with Gasteiger partial charge in [-0.2, -0.15) is 0 Å².